The van der Waals surface area contributed by atoms with Gasteiger partial charge in [-0.05, 0) is 91.8 Å². The summed E-state index contributed by atoms with van der Waals surface area (Å²) < 4.78 is 47.1. The Morgan fingerprint density at radius 2 is 1.53 bits per heavy atom. The summed E-state index contributed by atoms with van der Waals surface area (Å²) in [5.74, 6) is -0.381. The zero-order valence-corrected chi connectivity index (χ0v) is 29.1. The van der Waals surface area contributed by atoms with Crippen molar-refractivity contribution >= 4 is 10.4 Å². The SMILES string of the molecule is CC(C)C(CCC(C)C1CC(O)C2C1(C)CCC1C3(C)CCC(O)CC3C(O)CC12O)OC1OC(COS(=O)(=O)O)C(O)C(O)C1O. The van der Waals surface area contributed by atoms with E-state index in [2.05, 4.69) is 25.0 Å². The lowest BCUT2D eigenvalue weighted by atomic mass is 9.42. The van der Waals surface area contributed by atoms with E-state index in [0.29, 0.717) is 32.1 Å². The van der Waals surface area contributed by atoms with Crippen LogP contribution in [0.4, 0.5) is 0 Å². The van der Waals surface area contributed by atoms with E-state index in [1.165, 1.54) is 0 Å². The van der Waals surface area contributed by atoms with E-state index in [1.54, 1.807) is 0 Å². The van der Waals surface area contributed by atoms with Crippen molar-refractivity contribution in [3.63, 3.8) is 0 Å². The van der Waals surface area contributed by atoms with Crippen LogP contribution < -0.4 is 0 Å². The van der Waals surface area contributed by atoms with Crippen LogP contribution in [0, 0.1) is 46.3 Å². The monoisotopic (exact) mass is 694 g/mol. The lowest BCUT2D eigenvalue weighted by Gasteiger charge is -2.66. The maximum Gasteiger partial charge on any atom is 0.397 e. The van der Waals surface area contributed by atoms with Crippen molar-refractivity contribution in [2.45, 2.75) is 153 Å². The van der Waals surface area contributed by atoms with Gasteiger partial charge >= 0.3 is 10.4 Å². The smallest absolute Gasteiger partial charge is 0.393 e. The van der Waals surface area contributed by atoms with Gasteiger partial charge in [-0.1, -0.05) is 34.6 Å². The standard InChI is InChI=1S/C33H58O13S/c1-16(2)23(45-30-28(39)27(38)26(37)24(46-30)15-44-47(41,42)43)7-6-17(3)19-13-21(35)29-32(19,5)11-9-25-31(4)10-8-18(34)12-20(31)22(36)14-33(25,29)40/h16-30,34-40H,6-15H2,1-5H3,(H,41,42,43). The molecular formula is C33H58O13S. The first kappa shape index (κ1) is 37.8. The first-order valence-corrected chi connectivity index (χ1v) is 18.8. The predicted molar refractivity (Wildman–Crippen MR) is 168 cm³/mol. The van der Waals surface area contributed by atoms with Crippen molar-refractivity contribution in [3.8, 4) is 0 Å². The van der Waals surface area contributed by atoms with Gasteiger partial charge in [-0.15, -0.1) is 0 Å². The van der Waals surface area contributed by atoms with Gasteiger partial charge in [0.15, 0.2) is 6.29 Å². The summed E-state index contributed by atoms with van der Waals surface area (Å²) in [5.41, 5.74) is -1.89. The number of fused-ring (bicyclic) bond motifs is 5. The van der Waals surface area contributed by atoms with Crippen LogP contribution in [-0.2, 0) is 24.1 Å². The highest BCUT2D eigenvalue weighted by Crippen LogP contribution is 2.69. The maximum absolute atomic E-state index is 12.5. The van der Waals surface area contributed by atoms with Crippen LogP contribution in [0.2, 0.25) is 0 Å². The lowest BCUT2D eigenvalue weighted by Crippen LogP contribution is -2.68. The van der Waals surface area contributed by atoms with Gasteiger partial charge in [0, 0.05) is 12.3 Å². The van der Waals surface area contributed by atoms with Gasteiger partial charge in [-0.25, -0.2) is 4.18 Å². The number of rotatable bonds is 10. The summed E-state index contributed by atoms with van der Waals surface area (Å²) in [6.07, 6.45) is -4.63. The Hall–Kier alpha value is -0.490. The number of hydrogen-bond acceptors (Lipinski definition) is 12. The lowest BCUT2D eigenvalue weighted by molar-refractivity contribution is -0.314. The molecular weight excluding hydrogens is 636 g/mol. The van der Waals surface area contributed by atoms with Crippen LogP contribution in [0.1, 0.15) is 92.4 Å². The highest BCUT2D eigenvalue weighted by atomic mass is 32.3. The van der Waals surface area contributed by atoms with Crippen LogP contribution in [0.25, 0.3) is 0 Å². The number of hydrogen-bond donors (Lipinski definition) is 8. The van der Waals surface area contributed by atoms with Crippen LogP contribution >= 0.6 is 0 Å². The average molecular weight is 695 g/mol. The molecule has 4 aliphatic carbocycles. The zero-order chi connectivity index (χ0) is 34.9. The summed E-state index contributed by atoms with van der Waals surface area (Å²) in [5, 5.41) is 77.2. The Morgan fingerprint density at radius 3 is 2.17 bits per heavy atom. The Kier molecular flexibility index (Phi) is 10.9. The molecule has 274 valence electrons. The Labute approximate surface area is 278 Å². The van der Waals surface area contributed by atoms with Crippen molar-refractivity contribution in [3.05, 3.63) is 0 Å². The predicted octanol–water partition coefficient (Wildman–Crippen LogP) is 1.15. The second-order valence-electron chi connectivity index (χ2n) is 16.5. The molecule has 47 heavy (non-hydrogen) atoms. The fraction of sp³-hybridized carbons (Fsp3) is 1.00. The molecule has 0 amide bonds. The fourth-order valence-corrected chi connectivity index (χ4v) is 11.4. The minimum Gasteiger partial charge on any atom is -0.393 e. The van der Waals surface area contributed by atoms with Gasteiger partial charge < -0.3 is 45.2 Å². The van der Waals surface area contributed by atoms with Crippen molar-refractivity contribution in [2.75, 3.05) is 6.61 Å². The maximum atomic E-state index is 12.5. The second kappa shape index (κ2) is 13.6. The quantitative estimate of drug-likeness (QED) is 0.151. The van der Waals surface area contributed by atoms with Crippen molar-refractivity contribution in [2.24, 2.45) is 46.3 Å². The Balaban J connectivity index is 1.27. The Bertz CT molecular complexity index is 1200. The third-order valence-electron chi connectivity index (χ3n) is 13.4. The molecule has 1 heterocycles. The largest absolute Gasteiger partial charge is 0.397 e. The summed E-state index contributed by atoms with van der Waals surface area (Å²) in [6, 6.07) is 0. The summed E-state index contributed by atoms with van der Waals surface area (Å²) in [4.78, 5) is 0. The molecule has 1 saturated heterocycles. The third-order valence-corrected chi connectivity index (χ3v) is 13.9. The van der Waals surface area contributed by atoms with Gasteiger partial charge in [0.25, 0.3) is 0 Å². The molecule has 5 aliphatic rings. The molecule has 5 rings (SSSR count). The second-order valence-corrected chi connectivity index (χ2v) is 17.6. The van der Waals surface area contributed by atoms with Gasteiger partial charge in [0.2, 0.25) is 0 Å². The normalized spacial score (nSPS) is 50.0. The summed E-state index contributed by atoms with van der Waals surface area (Å²) in [6.45, 7) is 9.57. The van der Waals surface area contributed by atoms with E-state index >= 15 is 0 Å². The van der Waals surface area contributed by atoms with E-state index in [9.17, 15) is 44.2 Å². The molecule has 0 aromatic heterocycles. The molecule has 0 bridgehead atoms. The molecule has 14 heteroatoms. The fourth-order valence-electron chi connectivity index (χ4n) is 11.1. The van der Waals surface area contributed by atoms with Gasteiger partial charge in [0.05, 0.1) is 36.6 Å². The van der Waals surface area contributed by atoms with Crippen LogP contribution in [0.15, 0.2) is 0 Å². The van der Waals surface area contributed by atoms with Crippen molar-refractivity contribution in [1.82, 2.24) is 0 Å². The molecule has 8 N–H and O–H groups in total. The van der Waals surface area contributed by atoms with E-state index in [1.807, 2.05) is 13.8 Å². The minimum absolute atomic E-state index is 0.0467. The minimum atomic E-state index is -4.83. The molecule has 5 fully saturated rings. The molecule has 17 atom stereocenters. The van der Waals surface area contributed by atoms with E-state index in [4.69, 9.17) is 14.0 Å². The van der Waals surface area contributed by atoms with E-state index < -0.39 is 83.6 Å². The first-order chi connectivity index (χ1) is 21.7. The molecule has 1 aliphatic heterocycles. The molecule has 0 spiro atoms. The molecule has 4 saturated carbocycles. The topological polar surface area (TPSA) is 224 Å². The number of aliphatic hydroxyl groups excluding tert-OH is 6. The Morgan fingerprint density at radius 1 is 0.872 bits per heavy atom. The van der Waals surface area contributed by atoms with Crippen molar-refractivity contribution < 1.29 is 62.4 Å². The summed E-state index contributed by atoms with van der Waals surface area (Å²) >= 11 is 0. The molecule has 17 unspecified atom stereocenters. The third kappa shape index (κ3) is 6.93. The van der Waals surface area contributed by atoms with E-state index in [-0.39, 0.29) is 46.8 Å². The van der Waals surface area contributed by atoms with Gasteiger partial charge in [-0.3, -0.25) is 4.55 Å². The van der Waals surface area contributed by atoms with Crippen LogP contribution in [-0.4, -0.2) is 116 Å². The number of aliphatic hydroxyl groups is 7. The first-order valence-electron chi connectivity index (χ1n) is 17.5. The van der Waals surface area contributed by atoms with Gasteiger partial charge in [-0.2, -0.15) is 8.42 Å². The highest BCUT2D eigenvalue weighted by Gasteiger charge is 2.70. The van der Waals surface area contributed by atoms with Crippen LogP contribution in [0.3, 0.4) is 0 Å². The van der Waals surface area contributed by atoms with Gasteiger partial charge in [0.1, 0.15) is 24.4 Å². The average Bonchev–Trinajstić information content (AvgIpc) is 3.25. The van der Waals surface area contributed by atoms with Crippen LogP contribution in [0.5, 0.6) is 0 Å². The number of ether oxygens (including phenoxy) is 2. The summed E-state index contributed by atoms with van der Waals surface area (Å²) in [7, 11) is -4.83. The highest BCUT2D eigenvalue weighted by molar-refractivity contribution is 7.80. The molecule has 13 nitrogen and oxygen atoms in total. The molecule has 0 aromatic rings. The zero-order valence-electron chi connectivity index (χ0n) is 28.3. The van der Waals surface area contributed by atoms with E-state index in [0.717, 1.165) is 19.3 Å². The van der Waals surface area contributed by atoms with Crippen molar-refractivity contribution in [1.29, 1.82) is 0 Å². The molecule has 0 radical (unpaired) electrons. The molecule has 0 aromatic carbocycles.